The number of hydrogen-bond donors (Lipinski definition) is 0. The van der Waals surface area contributed by atoms with Crippen molar-refractivity contribution in [1.82, 2.24) is 0 Å². The number of ether oxygens (including phenoxy) is 1. The summed E-state index contributed by atoms with van der Waals surface area (Å²) in [6.07, 6.45) is -4.30. The Kier molecular flexibility index (Phi) is 4.46. The molecule has 5 heteroatoms. The smallest absolute Gasteiger partial charge is 0.416 e. The van der Waals surface area contributed by atoms with Crippen molar-refractivity contribution in [2.24, 2.45) is 5.92 Å². The van der Waals surface area contributed by atoms with Crippen LogP contribution in [0, 0.1) is 9.49 Å². The van der Waals surface area contributed by atoms with E-state index >= 15 is 0 Å². The first-order chi connectivity index (χ1) is 7.30. The minimum atomic E-state index is -4.30. The van der Waals surface area contributed by atoms with Crippen LogP contribution in [-0.4, -0.2) is 6.61 Å². The van der Waals surface area contributed by atoms with E-state index in [0.717, 1.165) is 12.1 Å². The zero-order valence-corrected chi connectivity index (χ0v) is 11.1. The first-order valence-corrected chi connectivity index (χ1v) is 5.88. The Morgan fingerprint density at radius 1 is 1.31 bits per heavy atom. The number of hydrogen-bond acceptors (Lipinski definition) is 1. The molecule has 16 heavy (non-hydrogen) atoms. The van der Waals surface area contributed by atoms with Gasteiger partial charge < -0.3 is 4.74 Å². The van der Waals surface area contributed by atoms with Crippen molar-refractivity contribution < 1.29 is 17.9 Å². The van der Waals surface area contributed by atoms with Crippen molar-refractivity contribution in [3.05, 3.63) is 27.3 Å². The van der Waals surface area contributed by atoms with Crippen LogP contribution in [-0.2, 0) is 6.18 Å². The summed E-state index contributed by atoms with van der Waals surface area (Å²) in [5, 5.41) is 0. The van der Waals surface area contributed by atoms with Gasteiger partial charge in [0.2, 0.25) is 0 Å². The quantitative estimate of drug-likeness (QED) is 0.741. The third kappa shape index (κ3) is 3.84. The summed E-state index contributed by atoms with van der Waals surface area (Å²) in [5.41, 5.74) is -0.645. The Hall–Kier alpha value is -0.460. The summed E-state index contributed by atoms with van der Waals surface area (Å²) in [7, 11) is 0. The van der Waals surface area contributed by atoms with Gasteiger partial charge in [-0.2, -0.15) is 13.2 Å². The Morgan fingerprint density at radius 3 is 2.38 bits per heavy atom. The SMILES string of the molecule is CC(C)COc1ccc(C(F)(F)F)cc1I. The van der Waals surface area contributed by atoms with Gasteiger partial charge in [-0.3, -0.25) is 0 Å². The molecule has 1 rings (SSSR count). The highest BCUT2D eigenvalue weighted by molar-refractivity contribution is 14.1. The molecule has 1 aromatic carbocycles. The average molecular weight is 344 g/mol. The van der Waals surface area contributed by atoms with Gasteiger partial charge in [-0.25, -0.2) is 0 Å². The molecular formula is C11H12F3IO. The summed E-state index contributed by atoms with van der Waals surface area (Å²) in [6.45, 7) is 4.47. The molecule has 1 aromatic rings. The molecule has 0 aromatic heterocycles. The highest BCUT2D eigenvalue weighted by Gasteiger charge is 2.30. The molecule has 0 saturated carbocycles. The molecule has 0 unspecified atom stereocenters. The lowest BCUT2D eigenvalue weighted by atomic mass is 10.2. The van der Waals surface area contributed by atoms with Gasteiger partial charge in [0, 0.05) is 0 Å². The Balaban J connectivity index is 2.84. The minimum Gasteiger partial charge on any atom is -0.492 e. The van der Waals surface area contributed by atoms with E-state index in [0.29, 0.717) is 21.8 Å². The molecule has 0 bridgehead atoms. The van der Waals surface area contributed by atoms with Crippen LogP contribution < -0.4 is 4.74 Å². The molecular weight excluding hydrogens is 332 g/mol. The summed E-state index contributed by atoms with van der Waals surface area (Å²) < 4.78 is 43.0. The lowest BCUT2D eigenvalue weighted by molar-refractivity contribution is -0.137. The minimum absolute atomic E-state index is 0.345. The molecule has 1 nitrogen and oxygen atoms in total. The van der Waals surface area contributed by atoms with Crippen molar-refractivity contribution in [3.8, 4) is 5.75 Å². The largest absolute Gasteiger partial charge is 0.492 e. The van der Waals surface area contributed by atoms with Gasteiger partial charge in [0.05, 0.1) is 15.7 Å². The second-order valence-electron chi connectivity index (χ2n) is 3.85. The van der Waals surface area contributed by atoms with Crippen molar-refractivity contribution in [3.63, 3.8) is 0 Å². The third-order valence-electron chi connectivity index (χ3n) is 1.83. The number of rotatable bonds is 3. The van der Waals surface area contributed by atoms with E-state index in [2.05, 4.69) is 0 Å². The molecule has 0 atom stereocenters. The van der Waals surface area contributed by atoms with Crippen LogP contribution in [0.1, 0.15) is 19.4 Å². The van der Waals surface area contributed by atoms with Crippen LogP contribution in [0.3, 0.4) is 0 Å². The summed E-state index contributed by atoms with van der Waals surface area (Å²) in [4.78, 5) is 0. The van der Waals surface area contributed by atoms with Crippen molar-refractivity contribution in [2.75, 3.05) is 6.61 Å². The van der Waals surface area contributed by atoms with Gasteiger partial charge in [-0.15, -0.1) is 0 Å². The first-order valence-electron chi connectivity index (χ1n) is 4.80. The number of alkyl halides is 3. The van der Waals surface area contributed by atoms with E-state index < -0.39 is 11.7 Å². The van der Waals surface area contributed by atoms with Crippen molar-refractivity contribution in [2.45, 2.75) is 20.0 Å². The number of halogens is 4. The fourth-order valence-corrected chi connectivity index (χ4v) is 1.72. The molecule has 0 heterocycles. The average Bonchev–Trinajstić information content (AvgIpc) is 2.14. The summed E-state index contributed by atoms with van der Waals surface area (Å²) >= 11 is 1.85. The molecule has 0 amide bonds. The van der Waals surface area contributed by atoms with Crippen LogP contribution >= 0.6 is 22.6 Å². The summed E-state index contributed by atoms with van der Waals surface area (Å²) in [5.74, 6) is 0.848. The van der Waals surface area contributed by atoms with Gasteiger partial charge in [0.25, 0.3) is 0 Å². The summed E-state index contributed by atoms with van der Waals surface area (Å²) in [6, 6.07) is 3.50. The molecule has 0 aliphatic rings. The zero-order valence-electron chi connectivity index (χ0n) is 8.94. The third-order valence-corrected chi connectivity index (χ3v) is 2.67. The Bertz CT molecular complexity index is 361. The van der Waals surface area contributed by atoms with E-state index in [-0.39, 0.29) is 0 Å². The van der Waals surface area contributed by atoms with Crippen LogP contribution in [0.25, 0.3) is 0 Å². The van der Waals surface area contributed by atoms with E-state index in [1.807, 2.05) is 36.4 Å². The Labute approximate surface area is 106 Å². The zero-order chi connectivity index (χ0) is 12.3. The topological polar surface area (TPSA) is 9.23 Å². The maximum Gasteiger partial charge on any atom is 0.416 e. The normalized spacial score (nSPS) is 11.9. The fourth-order valence-electron chi connectivity index (χ4n) is 1.05. The Morgan fingerprint density at radius 2 is 1.94 bits per heavy atom. The van der Waals surface area contributed by atoms with Gasteiger partial charge in [-0.05, 0) is 46.7 Å². The molecule has 0 aliphatic carbocycles. The molecule has 0 fully saturated rings. The predicted molar refractivity (Wildman–Crippen MR) is 64.5 cm³/mol. The van der Waals surface area contributed by atoms with Gasteiger partial charge >= 0.3 is 6.18 Å². The molecule has 0 spiro atoms. The number of benzene rings is 1. The predicted octanol–water partition coefficient (Wildman–Crippen LogP) is 4.34. The van der Waals surface area contributed by atoms with Crippen LogP contribution in [0.15, 0.2) is 18.2 Å². The maximum absolute atomic E-state index is 12.4. The van der Waals surface area contributed by atoms with E-state index in [4.69, 9.17) is 4.74 Å². The first kappa shape index (κ1) is 13.6. The van der Waals surface area contributed by atoms with E-state index in [1.54, 1.807) is 0 Å². The van der Waals surface area contributed by atoms with Crippen molar-refractivity contribution in [1.29, 1.82) is 0 Å². The van der Waals surface area contributed by atoms with Crippen LogP contribution in [0.4, 0.5) is 13.2 Å². The maximum atomic E-state index is 12.4. The standard InChI is InChI=1S/C11H12F3IO/c1-7(2)6-16-10-4-3-8(5-9(10)15)11(12,13)14/h3-5,7H,6H2,1-2H3. The van der Waals surface area contributed by atoms with E-state index in [9.17, 15) is 13.2 Å². The monoisotopic (exact) mass is 344 g/mol. The molecule has 0 N–H and O–H groups in total. The fraction of sp³-hybridized carbons (Fsp3) is 0.455. The highest BCUT2D eigenvalue weighted by atomic mass is 127. The lowest BCUT2D eigenvalue weighted by Gasteiger charge is -2.12. The molecule has 90 valence electrons. The van der Waals surface area contributed by atoms with Gasteiger partial charge in [-0.1, -0.05) is 13.8 Å². The van der Waals surface area contributed by atoms with Crippen LogP contribution in [0.2, 0.25) is 0 Å². The molecule has 0 aliphatic heterocycles. The highest BCUT2D eigenvalue weighted by Crippen LogP contribution is 2.33. The molecule has 0 saturated heterocycles. The van der Waals surface area contributed by atoms with E-state index in [1.165, 1.54) is 6.07 Å². The van der Waals surface area contributed by atoms with Crippen LogP contribution in [0.5, 0.6) is 5.75 Å². The van der Waals surface area contributed by atoms with Gasteiger partial charge in [0.1, 0.15) is 5.75 Å². The van der Waals surface area contributed by atoms with Gasteiger partial charge in [0.15, 0.2) is 0 Å². The second kappa shape index (κ2) is 5.25. The van der Waals surface area contributed by atoms with Crippen molar-refractivity contribution >= 4 is 22.6 Å². The second-order valence-corrected chi connectivity index (χ2v) is 5.01. The lowest BCUT2D eigenvalue weighted by Crippen LogP contribution is -2.08. The molecule has 0 radical (unpaired) electrons.